The van der Waals surface area contributed by atoms with Crippen LogP contribution in [0.2, 0.25) is 0 Å². The Balaban J connectivity index is 1.82. The molecule has 1 aliphatic rings. The van der Waals surface area contributed by atoms with Crippen LogP contribution in [0.3, 0.4) is 0 Å². The molecule has 1 amide bonds. The minimum Gasteiger partial charge on any atom is -0.381 e. The summed E-state index contributed by atoms with van der Waals surface area (Å²) < 4.78 is 0. The van der Waals surface area contributed by atoms with E-state index in [2.05, 4.69) is 20.8 Å². The van der Waals surface area contributed by atoms with E-state index in [-0.39, 0.29) is 11.9 Å². The lowest BCUT2D eigenvalue weighted by molar-refractivity contribution is -0.120. The molecule has 1 atom stereocenters. The average Bonchev–Trinajstić information content (AvgIpc) is 2.75. The van der Waals surface area contributed by atoms with Gasteiger partial charge in [-0.25, -0.2) is 0 Å². The maximum atomic E-state index is 11.5. The molecule has 1 aromatic carbocycles. The predicted molar refractivity (Wildman–Crippen MR) is 70.4 cm³/mol. The number of nitrogens with one attached hydrogen (secondary N) is 3. The van der Waals surface area contributed by atoms with Gasteiger partial charge in [0, 0.05) is 30.1 Å². The van der Waals surface area contributed by atoms with E-state index in [0.29, 0.717) is 6.42 Å². The number of nitrogens with zero attached hydrogens (tertiary/aromatic N) is 1. The quantitative estimate of drug-likeness (QED) is 0.752. The van der Waals surface area contributed by atoms with Gasteiger partial charge in [-0.1, -0.05) is 6.07 Å². The summed E-state index contributed by atoms with van der Waals surface area (Å²) in [5.74, 6) is 0.129. The molecule has 3 rings (SSSR count). The molecule has 1 aromatic heterocycles. The van der Waals surface area contributed by atoms with Gasteiger partial charge in [-0.15, -0.1) is 0 Å². The summed E-state index contributed by atoms with van der Waals surface area (Å²) in [6, 6.07) is 6.21. The highest BCUT2D eigenvalue weighted by molar-refractivity contribution is 5.91. The summed E-state index contributed by atoms with van der Waals surface area (Å²) in [7, 11) is 0. The molecule has 5 heteroatoms. The normalized spacial score (nSPS) is 20.4. The molecular weight excluding hydrogens is 228 g/mol. The van der Waals surface area contributed by atoms with Crippen molar-refractivity contribution >= 4 is 22.5 Å². The Kier molecular flexibility index (Phi) is 2.88. The van der Waals surface area contributed by atoms with Gasteiger partial charge >= 0.3 is 0 Å². The monoisotopic (exact) mass is 244 g/mol. The van der Waals surface area contributed by atoms with E-state index >= 15 is 0 Å². The van der Waals surface area contributed by atoms with Crippen molar-refractivity contribution in [3.63, 3.8) is 0 Å². The largest absolute Gasteiger partial charge is 0.381 e. The Bertz CT molecular complexity index is 563. The molecule has 5 nitrogen and oxygen atoms in total. The van der Waals surface area contributed by atoms with Crippen LogP contribution >= 0.6 is 0 Å². The number of amides is 1. The van der Waals surface area contributed by atoms with Crippen LogP contribution in [0.4, 0.5) is 5.69 Å². The van der Waals surface area contributed by atoms with E-state index in [4.69, 9.17) is 0 Å². The van der Waals surface area contributed by atoms with E-state index in [1.165, 1.54) is 0 Å². The van der Waals surface area contributed by atoms with E-state index in [0.717, 1.165) is 36.0 Å². The average molecular weight is 244 g/mol. The second-order valence-electron chi connectivity index (χ2n) is 4.67. The Hall–Kier alpha value is -2.04. The van der Waals surface area contributed by atoms with Crippen molar-refractivity contribution in [2.75, 3.05) is 11.9 Å². The molecule has 3 N–H and O–H groups in total. The minimum atomic E-state index is 0.129. The summed E-state index contributed by atoms with van der Waals surface area (Å²) in [4.78, 5) is 11.5. The zero-order valence-electron chi connectivity index (χ0n) is 10.1. The molecule has 2 aromatic rings. The topological polar surface area (TPSA) is 69.8 Å². The number of H-pyrrole nitrogens is 1. The lowest BCUT2D eigenvalue weighted by Crippen LogP contribution is -2.26. The minimum absolute atomic E-state index is 0.129. The van der Waals surface area contributed by atoms with Crippen molar-refractivity contribution in [2.45, 2.75) is 25.3 Å². The standard InChI is InChI=1S/C13H16N4O/c18-13-7-9(3-2-6-14-13)16-11-4-1-5-12-10(11)8-15-17-12/h1,4-5,8-9,16H,2-3,6-7H2,(H,14,18)(H,15,17). The summed E-state index contributed by atoms with van der Waals surface area (Å²) in [5, 5.41) is 14.4. The third kappa shape index (κ3) is 2.16. The van der Waals surface area contributed by atoms with Crippen LogP contribution in [0.25, 0.3) is 10.9 Å². The van der Waals surface area contributed by atoms with E-state index in [1.54, 1.807) is 0 Å². The fourth-order valence-corrected chi connectivity index (χ4v) is 2.41. The number of aromatic nitrogens is 2. The third-order valence-electron chi connectivity index (χ3n) is 3.33. The fraction of sp³-hybridized carbons (Fsp3) is 0.385. The smallest absolute Gasteiger partial charge is 0.222 e. The van der Waals surface area contributed by atoms with Crippen molar-refractivity contribution in [2.24, 2.45) is 0 Å². The van der Waals surface area contributed by atoms with Crippen molar-refractivity contribution in [1.82, 2.24) is 15.5 Å². The maximum absolute atomic E-state index is 11.5. The van der Waals surface area contributed by atoms with Crippen LogP contribution in [0.5, 0.6) is 0 Å². The Morgan fingerprint density at radius 1 is 1.39 bits per heavy atom. The Labute approximate surface area is 105 Å². The second kappa shape index (κ2) is 4.68. The van der Waals surface area contributed by atoms with Gasteiger partial charge in [0.15, 0.2) is 0 Å². The van der Waals surface area contributed by atoms with Gasteiger partial charge < -0.3 is 10.6 Å². The first-order valence-corrected chi connectivity index (χ1v) is 6.28. The molecule has 0 aliphatic carbocycles. The van der Waals surface area contributed by atoms with Crippen LogP contribution in [0.15, 0.2) is 24.4 Å². The Morgan fingerprint density at radius 3 is 3.28 bits per heavy atom. The number of hydrogen-bond acceptors (Lipinski definition) is 3. The molecule has 0 radical (unpaired) electrons. The highest BCUT2D eigenvalue weighted by Crippen LogP contribution is 2.23. The Morgan fingerprint density at radius 2 is 2.33 bits per heavy atom. The number of rotatable bonds is 2. The molecule has 0 saturated carbocycles. The van der Waals surface area contributed by atoms with Crippen LogP contribution in [-0.4, -0.2) is 28.7 Å². The molecule has 94 valence electrons. The molecule has 0 spiro atoms. The fourth-order valence-electron chi connectivity index (χ4n) is 2.41. The van der Waals surface area contributed by atoms with Crippen LogP contribution in [0.1, 0.15) is 19.3 Å². The number of hydrogen-bond donors (Lipinski definition) is 3. The lowest BCUT2D eigenvalue weighted by atomic mass is 10.1. The molecule has 1 aliphatic heterocycles. The van der Waals surface area contributed by atoms with E-state index in [9.17, 15) is 4.79 Å². The number of carbonyl (C=O) groups is 1. The van der Waals surface area contributed by atoms with Gasteiger partial charge in [-0.05, 0) is 25.0 Å². The summed E-state index contributed by atoms with van der Waals surface area (Å²) in [5.41, 5.74) is 2.05. The summed E-state index contributed by atoms with van der Waals surface area (Å²) >= 11 is 0. The summed E-state index contributed by atoms with van der Waals surface area (Å²) in [6.07, 6.45) is 4.38. The van der Waals surface area contributed by atoms with Crippen LogP contribution in [-0.2, 0) is 4.79 Å². The number of aromatic amines is 1. The van der Waals surface area contributed by atoms with Crippen LogP contribution in [0, 0.1) is 0 Å². The van der Waals surface area contributed by atoms with Gasteiger partial charge in [0.05, 0.1) is 11.7 Å². The van der Waals surface area contributed by atoms with Gasteiger partial charge in [-0.2, -0.15) is 5.10 Å². The molecule has 1 fully saturated rings. The second-order valence-corrected chi connectivity index (χ2v) is 4.67. The van der Waals surface area contributed by atoms with Crippen molar-refractivity contribution in [1.29, 1.82) is 0 Å². The van der Waals surface area contributed by atoms with Crippen molar-refractivity contribution < 1.29 is 4.79 Å². The predicted octanol–water partition coefficient (Wildman–Crippen LogP) is 1.64. The molecule has 18 heavy (non-hydrogen) atoms. The zero-order chi connectivity index (χ0) is 12.4. The third-order valence-corrected chi connectivity index (χ3v) is 3.33. The number of anilines is 1. The highest BCUT2D eigenvalue weighted by Gasteiger charge is 2.17. The summed E-state index contributed by atoms with van der Waals surface area (Å²) in [6.45, 7) is 0.785. The molecule has 2 heterocycles. The van der Waals surface area contributed by atoms with Gasteiger partial charge in [-0.3, -0.25) is 9.89 Å². The maximum Gasteiger partial charge on any atom is 0.222 e. The number of benzene rings is 1. The number of fused-ring (bicyclic) bond motifs is 1. The first kappa shape index (κ1) is 11.1. The van der Waals surface area contributed by atoms with Gasteiger partial charge in [0.25, 0.3) is 0 Å². The highest BCUT2D eigenvalue weighted by atomic mass is 16.1. The lowest BCUT2D eigenvalue weighted by Gasteiger charge is -2.17. The van der Waals surface area contributed by atoms with Gasteiger partial charge in [0.1, 0.15) is 0 Å². The first-order chi connectivity index (χ1) is 8.83. The zero-order valence-corrected chi connectivity index (χ0v) is 10.1. The number of carbonyl (C=O) groups excluding carboxylic acids is 1. The van der Waals surface area contributed by atoms with Gasteiger partial charge in [0.2, 0.25) is 5.91 Å². The molecule has 1 saturated heterocycles. The van der Waals surface area contributed by atoms with Crippen molar-refractivity contribution in [3.05, 3.63) is 24.4 Å². The SMILES string of the molecule is O=C1CC(Nc2cccc3[nH]ncc23)CCCN1. The van der Waals surface area contributed by atoms with E-state index in [1.807, 2.05) is 24.4 Å². The van der Waals surface area contributed by atoms with Crippen molar-refractivity contribution in [3.8, 4) is 0 Å². The molecule has 0 bridgehead atoms. The van der Waals surface area contributed by atoms with E-state index < -0.39 is 0 Å². The van der Waals surface area contributed by atoms with Crippen LogP contribution < -0.4 is 10.6 Å². The first-order valence-electron chi connectivity index (χ1n) is 6.28. The molecular formula is C13H16N4O. The molecule has 1 unspecified atom stereocenters.